The average Bonchev–Trinajstić information content (AvgIpc) is 2.59. The summed E-state index contributed by atoms with van der Waals surface area (Å²) < 4.78 is 69.6. The fourth-order valence-electron chi connectivity index (χ4n) is 2.42. The van der Waals surface area contributed by atoms with Crippen LogP contribution in [0, 0.1) is 0 Å². The van der Waals surface area contributed by atoms with Crippen molar-refractivity contribution in [1.82, 2.24) is 4.72 Å². The topological polar surface area (TPSA) is 81.7 Å². The molecule has 0 aromatic heterocycles. The lowest BCUT2D eigenvalue weighted by Gasteiger charge is -2.10. The van der Waals surface area contributed by atoms with Gasteiger partial charge in [-0.25, -0.2) is 8.42 Å². The number of sulfonamides is 1. The van der Waals surface area contributed by atoms with Crippen LogP contribution in [0.4, 0.5) is 13.2 Å². The summed E-state index contributed by atoms with van der Waals surface area (Å²) in [5, 5.41) is 0. The minimum atomic E-state index is -4.72. The van der Waals surface area contributed by atoms with Gasteiger partial charge in [0.25, 0.3) is 0 Å². The molecular formula is C19H20F3NO5S. The number of ether oxygens (including phenoxy) is 2. The number of rotatable bonds is 9. The maximum absolute atomic E-state index is 12.1. The van der Waals surface area contributed by atoms with Crippen LogP contribution < -0.4 is 14.2 Å². The van der Waals surface area contributed by atoms with Gasteiger partial charge in [0, 0.05) is 6.42 Å². The van der Waals surface area contributed by atoms with Gasteiger partial charge in [0.1, 0.15) is 18.1 Å². The lowest BCUT2D eigenvalue weighted by molar-refractivity contribution is -0.274. The Bertz CT molecular complexity index is 910. The third-order valence-electron chi connectivity index (χ3n) is 3.65. The van der Waals surface area contributed by atoms with Gasteiger partial charge in [-0.15, -0.1) is 13.2 Å². The summed E-state index contributed by atoms with van der Waals surface area (Å²) in [6.07, 6.45) is -2.61. The van der Waals surface area contributed by atoms with Crippen molar-refractivity contribution in [3.05, 3.63) is 59.7 Å². The highest BCUT2D eigenvalue weighted by atomic mass is 32.2. The van der Waals surface area contributed by atoms with E-state index in [1.165, 1.54) is 24.3 Å². The number of alkyl halides is 3. The Morgan fingerprint density at radius 3 is 2.07 bits per heavy atom. The number of carbonyl (C=O) groups is 1. The Labute approximate surface area is 166 Å². The predicted octanol–water partition coefficient (Wildman–Crippen LogP) is 3.56. The van der Waals surface area contributed by atoms with Crippen molar-refractivity contribution in [3.63, 3.8) is 0 Å². The maximum Gasteiger partial charge on any atom is 0.573 e. The third kappa shape index (κ3) is 9.33. The molecule has 0 atom stereocenters. The zero-order chi connectivity index (χ0) is 21.5. The van der Waals surface area contributed by atoms with Crippen LogP contribution in [0.25, 0.3) is 0 Å². The monoisotopic (exact) mass is 431 g/mol. The van der Waals surface area contributed by atoms with E-state index in [0.717, 1.165) is 11.8 Å². The van der Waals surface area contributed by atoms with Gasteiger partial charge in [0.2, 0.25) is 15.9 Å². The average molecular weight is 431 g/mol. The van der Waals surface area contributed by atoms with Gasteiger partial charge in [0.15, 0.2) is 0 Å². The summed E-state index contributed by atoms with van der Waals surface area (Å²) in [5.41, 5.74) is 1.64. The van der Waals surface area contributed by atoms with Crippen LogP contribution in [0.1, 0.15) is 24.0 Å². The number of amides is 1. The first-order valence-corrected chi connectivity index (χ1v) is 10.5. The van der Waals surface area contributed by atoms with Crippen LogP contribution in [0.2, 0.25) is 0 Å². The quantitative estimate of drug-likeness (QED) is 0.657. The summed E-state index contributed by atoms with van der Waals surface area (Å²) in [6, 6.07) is 12.5. The van der Waals surface area contributed by atoms with E-state index in [0.29, 0.717) is 24.2 Å². The molecule has 10 heteroatoms. The highest BCUT2D eigenvalue weighted by Crippen LogP contribution is 2.23. The molecule has 0 heterocycles. The van der Waals surface area contributed by atoms with Crippen LogP contribution in [0.5, 0.6) is 11.5 Å². The summed E-state index contributed by atoms with van der Waals surface area (Å²) >= 11 is 0. The Balaban J connectivity index is 1.77. The maximum atomic E-state index is 12.1. The Hall–Kier alpha value is -2.75. The standard InChI is InChI=1S/C19H20F3NO5S/c1-29(25,26)23-18(24)4-2-3-14-5-9-16(10-6-14)27-13-15-7-11-17(12-8-15)28-19(20,21)22/h5-12H,2-4,13H2,1H3,(H,23,24). The van der Waals surface area contributed by atoms with Gasteiger partial charge in [-0.2, -0.15) is 0 Å². The van der Waals surface area contributed by atoms with Crippen LogP contribution in [-0.2, 0) is 27.8 Å². The second-order valence-electron chi connectivity index (χ2n) is 6.28. The molecule has 0 spiro atoms. The van der Waals surface area contributed by atoms with Gasteiger partial charge in [0.05, 0.1) is 6.26 Å². The zero-order valence-corrected chi connectivity index (χ0v) is 16.3. The Morgan fingerprint density at radius 1 is 0.966 bits per heavy atom. The molecule has 0 aliphatic rings. The molecule has 2 rings (SSSR count). The lowest BCUT2D eigenvalue weighted by atomic mass is 10.1. The van der Waals surface area contributed by atoms with Crippen molar-refractivity contribution in [2.24, 2.45) is 0 Å². The van der Waals surface area contributed by atoms with E-state index in [1.807, 2.05) is 16.9 Å². The van der Waals surface area contributed by atoms with E-state index in [-0.39, 0.29) is 18.8 Å². The largest absolute Gasteiger partial charge is 0.573 e. The molecule has 6 nitrogen and oxygen atoms in total. The second-order valence-corrected chi connectivity index (χ2v) is 8.02. The molecule has 1 amide bonds. The summed E-state index contributed by atoms with van der Waals surface area (Å²) in [7, 11) is -3.54. The molecule has 1 N–H and O–H groups in total. The first kappa shape index (κ1) is 22.5. The number of aryl methyl sites for hydroxylation is 1. The second kappa shape index (κ2) is 9.64. The molecule has 29 heavy (non-hydrogen) atoms. The van der Waals surface area contributed by atoms with Crippen molar-refractivity contribution in [2.75, 3.05) is 6.26 Å². The van der Waals surface area contributed by atoms with Crippen LogP contribution in [0.15, 0.2) is 48.5 Å². The van der Waals surface area contributed by atoms with E-state index in [2.05, 4.69) is 4.74 Å². The van der Waals surface area contributed by atoms with Gasteiger partial charge >= 0.3 is 6.36 Å². The number of carbonyl (C=O) groups excluding carboxylic acids is 1. The number of benzene rings is 2. The van der Waals surface area contributed by atoms with E-state index >= 15 is 0 Å². The third-order valence-corrected chi connectivity index (χ3v) is 4.25. The van der Waals surface area contributed by atoms with Crippen molar-refractivity contribution in [1.29, 1.82) is 0 Å². The minimum Gasteiger partial charge on any atom is -0.489 e. The molecule has 0 saturated carbocycles. The van der Waals surface area contributed by atoms with Gasteiger partial charge in [-0.05, 0) is 48.2 Å². The van der Waals surface area contributed by atoms with Crippen LogP contribution >= 0.6 is 0 Å². The van der Waals surface area contributed by atoms with Crippen molar-refractivity contribution in [3.8, 4) is 11.5 Å². The van der Waals surface area contributed by atoms with Crippen molar-refractivity contribution in [2.45, 2.75) is 32.2 Å². The summed E-state index contributed by atoms with van der Waals surface area (Å²) in [4.78, 5) is 11.4. The van der Waals surface area contributed by atoms with Crippen LogP contribution in [0.3, 0.4) is 0 Å². The van der Waals surface area contributed by atoms with Gasteiger partial charge in [-0.3, -0.25) is 9.52 Å². The van der Waals surface area contributed by atoms with Crippen molar-refractivity contribution < 1.29 is 35.9 Å². The molecule has 0 aliphatic heterocycles. The number of nitrogens with one attached hydrogen (secondary N) is 1. The smallest absolute Gasteiger partial charge is 0.489 e. The SMILES string of the molecule is CS(=O)(=O)NC(=O)CCCc1ccc(OCc2ccc(OC(F)(F)F)cc2)cc1. The zero-order valence-electron chi connectivity index (χ0n) is 15.5. The number of hydrogen-bond donors (Lipinski definition) is 1. The number of hydrogen-bond acceptors (Lipinski definition) is 5. The minimum absolute atomic E-state index is 0.0966. The molecule has 0 unspecified atom stereocenters. The molecule has 2 aromatic rings. The summed E-state index contributed by atoms with van der Waals surface area (Å²) in [5.74, 6) is -0.255. The molecule has 0 bridgehead atoms. The fourth-order valence-corrected chi connectivity index (χ4v) is 2.93. The fraction of sp³-hybridized carbons (Fsp3) is 0.316. The first-order chi connectivity index (χ1) is 13.5. The Kier molecular flexibility index (Phi) is 7.49. The molecule has 0 aliphatic carbocycles. The molecule has 0 saturated heterocycles. The molecule has 2 aromatic carbocycles. The lowest BCUT2D eigenvalue weighted by Crippen LogP contribution is -2.29. The van der Waals surface area contributed by atoms with E-state index in [4.69, 9.17) is 4.74 Å². The van der Waals surface area contributed by atoms with Gasteiger partial charge < -0.3 is 9.47 Å². The number of halogens is 3. The summed E-state index contributed by atoms with van der Waals surface area (Å²) in [6.45, 7) is 0.178. The Morgan fingerprint density at radius 2 is 1.52 bits per heavy atom. The van der Waals surface area contributed by atoms with E-state index < -0.39 is 22.3 Å². The molecular weight excluding hydrogens is 411 g/mol. The predicted molar refractivity (Wildman–Crippen MR) is 99.8 cm³/mol. The highest BCUT2D eigenvalue weighted by Gasteiger charge is 2.30. The van der Waals surface area contributed by atoms with E-state index in [9.17, 15) is 26.4 Å². The molecule has 0 fully saturated rings. The molecule has 158 valence electrons. The van der Waals surface area contributed by atoms with E-state index in [1.54, 1.807) is 12.1 Å². The first-order valence-electron chi connectivity index (χ1n) is 8.57. The molecule has 0 radical (unpaired) electrons. The van der Waals surface area contributed by atoms with Crippen molar-refractivity contribution >= 4 is 15.9 Å². The van der Waals surface area contributed by atoms with Gasteiger partial charge in [-0.1, -0.05) is 24.3 Å². The highest BCUT2D eigenvalue weighted by molar-refractivity contribution is 7.89. The normalized spacial score (nSPS) is 11.7. The van der Waals surface area contributed by atoms with Crippen LogP contribution in [-0.4, -0.2) is 26.9 Å².